The lowest BCUT2D eigenvalue weighted by atomic mass is 10.2. The minimum absolute atomic E-state index is 0.0692. The van der Waals surface area contributed by atoms with Crippen LogP contribution in [0.5, 0.6) is 0 Å². The molecule has 1 aromatic rings. The molecular formula is C11H15N3O3. The average molecular weight is 237 g/mol. The fourth-order valence-corrected chi connectivity index (χ4v) is 1.14. The summed E-state index contributed by atoms with van der Waals surface area (Å²) in [7, 11) is 3.22. The van der Waals surface area contributed by atoms with Crippen molar-refractivity contribution in [3.05, 3.63) is 23.5 Å². The number of aromatic amines is 1. The van der Waals surface area contributed by atoms with Crippen molar-refractivity contribution in [1.82, 2.24) is 15.2 Å². The van der Waals surface area contributed by atoms with Gasteiger partial charge in [-0.25, -0.2) is 0 Å². The van der Waals surface area contributed by atoms with Crippen LogP contribution in [0.25, 0.3) is 0 Å². The predicted octanol–water partition coefficient (Wildman–Crippen LogP) is 0.0353. The number of amides is 2. The molecule has 1 rings (SSSR count). The van der Waals surface area contributed by atoms with Crippen molar-refractivity contribution in [2.45, 2.75) is 6.92 Å². The van der Waals surface area contributed by atoms with E-state index in [0.29, 0.717) is 5.56 Å². The van der Waals surface area contributed by atoms with Crippen LogP contribution in [-0.4, -0.2) is 48.1 Å². The third-order valence-electron chi connectivity index (χ3n) is 2.23. The van der Waals surface area contributed by atoms with Crippen LogP contribution in [0, 0.1) is 0 Å². The molecule has 17 heavy (non-hydrogen) atoms. The third kappa shape index (κ3) is 3.44. The highest BCUT2D eigenvalue weighted by Crippen LogP contribution is 2.03. The molecule has 0 unspecified atom stereocenters. The van der Waals surface area contributed by atoms with Gasteiger partial charge in [0.25, 0.3) is 5.91 Å². The summed E-state index contributed by atoms with van der Waals surface area (Å²) in [5.41, 5.74) is 0.704. The normalized spacial score (nSPS) is 9.82. The number of likely N-dealkylation sites (N-methyl/N-ethyl adjacent to an activating group) is 1. The maximum atomic E-state index is 11.6. The van der Waals surface area contributed by atoms with Crippen molar-refractivity contribution in [2.24, 2.45) is 0 Å². The van der Waals surface area contributed by atoms with Gasteiger partial charge in [0.1, 0.15) is 5.69 Å². The summed E-state index contributed by atoms with van der Waals surface area (Å²) in [4.78, 5) is 37.9. The molecule has 0 spiro atoms. The Labute approximate surface area is 99.0 Å². The molecule has 1 heterocycles. The van der Waals surface area contributed by atoms with E-state index in [1.54, 1.807) is 14.1 Å². The van der Waals surface area contributed by atoms with Crippen LogP contribution in [0.1, 0.15) is 27.8 Å². The summed E-state index contributed by atoms with van der Waals surface area (Å²) >= 11 is 0. The summed E-state index contributed by atoms with van der Waals surface area (Å²) in [5.74, 6) is -0.728. The molecule has 0 aliphatic rings. The minimum Gasteiger partial charge on any atom is -0.356 e. The van der Waals surface area contributed by atoms with Gasteiger partial charge in [-0.1, -0.05) is 0 Å². The van der Waals surface area contributed by atoms with Gasteiger partial charge < -0.3 is 15.2 Å². The Hall–Kier alpha value is -2.11. The molecule has 0 radical (unpaired) electrons. The van der Waals surface area contributed by atoms with Crippen LogP contribution < -0.4 is 5.32 Å². The summed E-state index contributed by atoms with van der Waals surface area (Å²) in [6.45, 7) is 1.35. The van der Waals surface area contributed by atoms with E-state index in [0.717, 1.165) is 0 Å². The molecule has 0 aliphatic heterocycles. The number of nitrogens with zero attached hydrogens (tertiary/aromatic N) is 1. The van der Waals surface area contributed by atoms with Crippen molar-refractivity contribution in [2.75, 3.05) is 20.6 Å². The molecule has 92 valence electrons. The van der Waals surface area contributed by atoms with Gasteiger partial charge in [-0.2, -0.15) is 0 Å². The molecule has 6 nitrogen and oxygen atoms in total. The number of H-pyrrole nitrogens is 1. The predicted molar refractivity (Wildman–Crippen MR) is 61.8 cm³/mol. The van der Waals surface area contributed by atoms with Crippen molar-refractivity contribution in [1.29, 1.82) is 0 Å². The highest BCUT2D eigenvalue weighted by Gasteiger charge is 2.12. The summed E-state index contributed by atoms with van der Waals surface area (Å²) in [5, 5.41) is 2.46. The largest absolute Gasteiger partial charge is 0.356 e. The second kappa shape index (κ2) is 5.29. The van der Waals surface area contributed by atoms with Gasteiger partial charge >= 0.3 is 0 Å². The Morgan fingerprint density at radius 2 is 2.00 bits per heavy atom. The Morgan fingerprint density at radius 1 is 1.35 bits per heavy atom. The number of nitrogens with one attached hydrogen (secondary N) is 2. The molecule has 0 fully saturated rings. The highest BCUT2D eigenvalue weighted by atomic mass is 16.2. The Kier molecular flexibility index (Phi) is 4.03. The van der Waals surface area contributed by atoms with E-state index in [4.69, 9.17) is 0 Å². The Balaban J connectivity index is 2.58. The molecule has 0 saturated carbocycles. The lowest BCUT2D eigenvalue weighted by molar-refractivity contribution is -0.127. The average Bonchev–Trinajstić information content (AvgIpc) is 2.74. The van der Waals surface area contributed by atoms with Crippen LogP contribution in [0.3, 0.4) is 0 Å². The summed E-state index contributed by atoms with van der Waals surface area (Å²) < 4.78 is 0. The van der Waals surface area contributed by atoms with Crippen molar-refractivity contribution in [3.8, 4) is 0 Å². The monoisotopic (exact) mass is 237 g/mol. The maximum Gasteiger partial charge on any atom is 0.268 e. The number of carbonyl (C=O) groups is 3. The highest BCUT2D eigenvalue weighted by molar-refractivity contribution is 5.99. The zero-order valence-electron chi connectivity index (χ0n) is 10.0. The number of Topliss-reactive ketones (excluding diaryl/α,β-unsaturated/α-hetero) is 1. The van der Waals surface area contributed by atoms with Gasteiger partial charge in [-0.15, -0.1) is 0 Å². The van der Waals surface area contributed by atoms with Gasteiger partial charge in [-0.3, -0.25) is 14.4 Å². The van der Waals surface area contributed by atoms with Gasteiger partial charge in [0.15, 0.2) is 5.78 Å². The van der Waals surface area contributed by atoms with Crippen molar-refractivity contribution in [3.63, 3.8) is 0 Å². The Morgan fingerprint density at radius 3 is 2.47 bits per heavy atom. The van der Waals surface area contributed by atoms with Gasteiger partial charge in [-0.05, 0) is 13.0 Å². The summed E-state index contributed by atoms with van der Waals surface area (Å²) in [6, 6.07) is 1.46. The number of ketones is 1. The molecule has 6 heteroatoms. The molecule has 2 amide bonds. The van der Waals surface area contributed by atoms with Crippen LogP contribution in [0.4, 0.5) is 0 Å². The minimum atomic E-state index is -0.410. The third-order valence-corrected chi connectivity index (χ3v) is 2.23. The standard InChI is InChI=1S/C11H15N3O3/c1-7(15)8-4-9(12-5-8)11(17)13-6-10(16)14(2)3/h4-5,12H,6H2,1-3H3,(H,13,17). The van der Waals surface area contributed by atoms with E-state index >= 15 is 0 Å². The fourth-order valence-electron chi connectivity index (χ4n) is 1.14. The molecule has 0 aliphatic carbocycles. The second-order valence-electron chi connectivity index (χ2n) is 3.83. The van der Waals surface area contributed by atoms with Gasteiger partial charge in [0, 0.05) is 25.9 Å². The molecule has 1 aromatic heterocycles. The van der Waals surface area contributed by atoms with Crippen LogP contribution in [-0.2, 0) is 4.79 Å². The van der Waals surface area contributed by atoms with Crippen LogP contribution in [0.15, 0.2) is 12.3 Å². The maximum absolute atomic E-state index is 11.6. The first kappa shape index (κ1) is 13.0. The van der Waals surface area contributed by atoms with E-state index in [1.165, 1.54) is 24.1 Å². The quantitative estimate of drug-likeness (QED) is 0.725. The van der Waals surface area contributed by atoms with E-state index in [1.807, 2.05) is 0 Å². The topological polar surface area (TPSA) is 82.3 Å². The van der Waals surface area contributed by atoms with Crippen LogP contribution in [0.2, 0.25) is 0 Å². The van der Waals surface area contributed by atoms with E-state index in [9.17, 15) is 14.4 Å². The number of rotatable bonds is 4. The lowest BCUT2D eigenvalue weighted by Crippen LogP contribution is -2.36. The molecule has 0 bridgehead atoms. The molecule has 0 atom stereocenters. The first-order valence-corrected chi connectivity index (χ1v) is 5.09. The smallest absolute Gasteiger partial charge is 0.268 e. The fraction of sp³-hybridized carbons (Fsp3) is 0.364. The van der Waals surface area contributed by atoms with Gasteiger partial charge in [0.05, 0.1) is 6.54 Å². The summed E-state index contributed by atoms with van der Waals surface area (Å²) in [6.07, 6.45) is 1.46. The molecular weight excluding hydrogens is 222 g/mol. The van der Waals surface area contributed by atoms with Crippen molar-refractivity contribution >= 4 is 17.6 Å². The first-order valence-electron chi connectivity index (χ1n) is 5.09. The van der Waals surface area contributed by atoms with Crippen LogP contribution >= 0.6 is 0 Å². The Bertz CT molecular complexity index is 449. The zero-order chi connectivity index (χ0) is 13.0. The zero-order valence-corrected chi connectivity index (χ0v) is 10.0. The number of hydrogen-bond donors (Lipinski definition) is 2. The molecule has 0 aromatic carbocycles. The second-order valence-corrected chi connectivity index (χ2v) is 3.83. The number of carbonyl (C=O) groups excluding carboxylic acids is 3. The van der Waals surface area contributed by atoms with Gasteiger partial charge in [0.2, 0.25) is 5.91 Å². The van der Waals surface area contributed by atoms with E-state index in [2.05, 4.69) is 10.3 Å². The lowest BCUT2D eigenvalue weighted by Gasteiger charge is -2.10. The molecule has 2 N–H and O–H groups in total. The number of aromatic nitrogens is 1. The number of hydrogen-bond acceptors (Lipinski definition) is 3. The van der Waals surface area contributed by atoms with Crippen molar-refractivity contribution < 1.29 is 14.4 Å². The first-order chi connectivity index (χ1) is 7.91. The van der Waals surface area contributed by atoms with E-state index in [-0.39, 0.29) is 23.9 Å². The van der Waals surface area contributed by atoms with E-state index < -0.39 is 5.91 Å². The SMILES string of the molecule is CC(=O)c1c[nH]c(C(=O)NCC(=O)N(C)C)c1. The molecule has 0 saturated heterocycles.